The zero-order valence-electron chi connectivity index (χ0n) is 18.1. The molecule has 2 N–H and O–H groups in total. The van der Waals surface area contributed by atoms with Gasteiger partial charge in [0, 0.05) is 24.6 Å². The smallest absolute Gasteiger partial charge is 0.338 e. The zero-order valence-corrected chi connectivity index (χ0v) is 19.0. The summed E-state index contributed by atoms with van der Waals surface area (Å²) in [6.07, 6.45) is 4.88. The van der Waals surface area contributed by atoms with Crippen molar-refractivity contribution >= 4 is 39.6 Å². The number of nitrogens with one attached hydrogen (secondary N) is 2. The summed E-state index contributed by atoms with van der Waals surface area (Å²) in [5.74, 6) is -1.44. The molecule has 0 atom stereocenters. The van der Waals surface area contributed by atoms with Gasteiger partial charge >= 0.3 is 5.97 Å². The molecule has 0 saturated carbocycles. The van der Waals surface area contributed by atoms with Crippen molar-refractivity contribution < 1.29 is 24.0 Å². The Hall–Kier alpha value is -3.49. The van der Waals surface area contributed by atoms with E-state index in [0.29, 0.717) is 23.7 Å². The van der Waals surface area contributed by atoms with Gasteiger partial charge in [-0.05, 0) is 43.4 Å². The number of amides is 1. The first-order valence-electron chi connectivity index (χ1n) is 10.5. The highest BCUT2D eigenvalue weighted by Gasteiger charge is 2.22. The summed E-state index contributed by atoms with van der Waals surface area (Å²) in [6.45, 7) is 0.142. The number of nitro benzene ring substituents is 1. The van der Waals surface area contributed by atoms with Crippen LogP contribution >= 0.6 is 11.3 Å². The van der Waals surface area contributed by atoms with Gasteiger partial charge in [-0.3, -0.25) is 14.9 Å². The van der Waals surface area contributed by atoms with Gasteiger partial charge in [0.15, 0.2) is 6.61 Å². The molecule has 0 spiro atoms. The number of esters is 1. The van der Waals surface area contributed by atoms with Crippen molar-refractivity contribution in [1.82, 2.24) is 0 Å². The molecule has 1 aliphatic carbocycles. The summed E-state index contributed by atoms with van der Waals surface area (Å²) in [4.78, 5) is 36.6. The van der Waals surface area contributed by atoms with Crippen molar-refractivity contribution in [2.75, 3.05) is 37.5 Å². The molecule has 0 aliphatic heterocycles. The fraction of sp³-hybridized carbons (Fsp3) is 0.409. The van der Waals surface area contributed by atoms with Crippen molar-refractivity contribution in [2.24, 2.45) is 0 Å². The summed E-state index contributed by atoms with van der Waals surface area (Å²) in [6, 6.07) is 6.06. The number of hydrogen-bond donors (Lipinski definition) is 2. The SMILES string of the molecule is COCCNc1ccc(C(=O)OCC(=O)Nc2sc3c(c2C#N)CCCCC3)cc1[N+](=O)[O-]. The van der Waals surface area contributed by atoms with Gasteiger partial charge in [-0.15, -0.1) is 11.3 Å². The lowest BCUT2D eigenvalue weighted by atomic mass is 10.1. The molecular weight excluding hydrogens is 448 g/mol. The molecule has 1 aliphatic rings. The van der Waals surface area contributed by atoms with Gasteiger partial charge in [0.25, 0.3) is 11.6 Å². The van der Waals surface area contributed by atoms with Crippen molar-refractivity contribution in [2.45, 2.75) is 32.1 Å². The van der Waals surface area contributed by atoms with Crippen molar-refractivity contribution in [3.63, 3.8) is 0 Å². The van der Waals surface area contributed by atoms with E-state index in [1.807, 2.05) is 0 Å². The molecule has 0 fully saturated rings. The number of nitrogens with zero attached hydrogens (tertiary/aromatic N) is 2. The van der Waals surface area contributed by atoms with Gasteiger partial charge in [0.05, 0.1) is 22.7 Å². The summed E-state index contributed by atoms with van der Waals surface area (Å²) < 4.78 is 9.94. The molecule has 1 heterocycles. The van der Waals surface area contributed by atoms with Crippen LogP contribution in [0.5, 0.6) is 0 Å². The molecule has 0 bridgehead atoms. The first-order valence-corrected chi connectivity index (χ1v) is 11.3. The number of hydrogen-bond acceptors (Lipinski definition) is 9. The van der Waals surface area contributed by atoms with Crippen LogP contribution in [0.4, 0.5) is 16.4 Å². The topological polar surface area (TPSA) is 144 Å². The molecule has 0 unspecified atom stereocenters. The predicted octanol–water partition coefficient (Wildman–Crippen LogP) is 3.65. The second-order valence-electron chi connectivity index (χ2n) is 7.41. The normalized spacial score (nSPS) is 12.7. The lowest BCUT2D eigenvalue weighted by molar-refractivity contribution is -0.384. The molecule has 1 aromatic carbocycles. The van der Waals surface area contributed by atoms with Crippen LogP contribution in [0.2, 0.25) is 0 Å². The molecule has 0 saturated heterocycles. The maximum atomic E-state index is 12.4. The second-order valence-corrected chi connectivity index (χ2v) is 8.52. The Bertz CT molecular complexity index is 1090. The summed E-state index contributed by atoms with van der Waals surface area (Å²) in [5, 5.41) is 26.9. The third kappa shape index (κ3) is 6.06. The highest BCUT2D eigenvalue weighted by atomic mass is 32.1. The average Bonchev–Trinajstić information content (AvgIpc) is 2.96. The van der Waals surface area contributed by atoms with E-state index in [1.165, 1.54) is 30.6 Å². The fourth-order valence-corrected chi connectivity index (χ4v) is 4.83. The fourth-order valence-electron chi connectivity index (χ4n) is 3.57. The van der Waals surface area contributed by atoms with Crippen LogP contribution in [0.3, 0.4) is 0 Å². The summed E-state index contributed by atoms with van der Waals surface area (Å²) >= 11 is 1.39. The average molecular weight is 473 g/mol. The highest BCUT2D eigenvalue weighted by molar-refractivity contribution is 7.16. The number of anilines is 2. The van der Waals surface area contributed by atoms with Crippen molar-refractivity contribution in [1.29, 1.82) is 5.26 Å². The van der Waals surface area contributed by atoms with Gasteiger partial charge in [0.2, 0.25) is 0 Å². The van der Waals surface area contributed by atoms with Gasteiger partial charge < -0.3 is 20.1 Å². The van der Waals surface area contributed by atoms with E-state index in [9.17, 15) is 25.0 Å². The lowest BCUT2D eigenvalue weighted by Crippen LogP contribution is -2.21. The molecule has 33 heavy (non-hydrogen) atoms. The van der Waals surface area contributed by atoms with E-state index in [0.717, 1.165) is 48.6 Å². The lowest BCUT2D eigenvalue weighted by Gasteiger charge is -2.09. The number of methoxy groups -OCH3 is 1. The molecule has 11 heteroatoms. The molecule has 174 valence electrons. The number of carbonyl (C=O) groups excluding carboxylic acids is 2. The van der Waals surface area contributed by atoms with Crippen LogP contribution in [0, 0.1) is 21.4 Å². The van der Waals surface area contributed by atoms with E-state index < -0.39 is 23.4 Å². The molecule has 1 amide bonds. The van der Waals surface area contributed by atoms with E-state index in [-0.39, 0.29) is 16.9 Å². The molecule has 2 aromatic rings. The predicted molar refractivity (Wildman–Crippen MR) is 123 cm³/mol. The van der Waals surface area contributed by atoms with E-state index >= 15 is 0 Å². The minimum absolute atomic E-state index is 0.0488. The minimum atomic E-state index is -0.862. The number of thiophene rings is 1. The van der Waals surface area contributed by atoms with Crippen LogP contribution in [-0.4, -0.2) is 43.7 Å². The standard InChI is InChI=1S/C22H24N4O6S/c1-31-10-9-24-17-8-7-14(11-18(17)26(29)30)22(28)32-13-20(27)25-21-16(12-23)15-5-3-2-4-6-19(15)33-21/h7-8,11,24H,2-6,9-10,13H2,1H3,(H,25,27). The monoisotopic (exact) mass is 472 g/mol. The summed E-state index contributed by atoms with van der Waals surface area (Å²) in [7, 11) is 1.51. The Morgan fingerprint density at radius 2 is 2.06 bits per heavy atom. The van der Waals surface area contributed by atoms with Gasteiger partial charge in [-0.1, -0.05) is 6.42 Å². The van der Waals surface area contributed by atoms with E-state index in [2.05, 4.69) is 16.7 Å². The third-order valence-electron chi connectivity index (χ3n) is 5.17. The van der Waals surface area contributed by atoms with Crippen molar-refractivity contribution in [3.05, 3.63) is 49.9 Å². The Balaban J connectivity index is 1.63. The molecule has 10 nitrogen and oxygen atoms in total. The number of nitro groups is 1. The second kappa shape index (κ2) is 11.4. The number of benzene rings is 1. The number of nitriles is 1. The van der Waals surface area contributed by atoms with E-state index in [1.54, 1.807) is 0 Å². The number of rotatable bonds is 9. The minimum Gasteiger partial charge on any atom is -0.452 e. The maximum absolute atomic E-state index is 12.4. The van der Waals surface area contributed by atoms with Crippen LogP contribution in [0.25, 0.3) is 0 Å². The van der Waals surface area contributed by atoms with Crippen molar-refractivity contribution in [3.8, 4) is 6.07 Å². The molecular formula is C22H24N4O6S. The Labute approximate surface area is 194 Å². The third-order valence-corrected chi connectivity index (χ3v) is 6.38. The van der Waals surface area contributed by atoms with Crippen LogP contribution in [0.1, 0.15) is 45.6 Å². The van der Waals surface area contributed by atoms with Crippen LogP contribution in [0.15, 0.2) is 18.2 Å². The molecule has 1 aromatic heterocycles. The van der Waals surface area contributed by atoms with Gasteiger partial charge in [-0.2, -0.15) is 5.26 Å². The largest absolute Gasteiger partial charge is 0.452 e. The molecule has 3 rings (SSSR count). The first kappa shape index (κ1) is 24.2. The Morgan fingerprint density at radius 1 is 1.27 bits per heavy atom. The number of fused-ring (bicyclic) bond motifs is 1. The van der Waals surface area contributed by atoms with Gasteiger partial charge in [0.1, 0.15) is 16.8 Å². The van der Waals surface area contributed by atoms with Crippen LogP contribution < -0.4 is 10.6 Å². The zero-order chi connectivity index (χ0) is 23.8. The number of ether oxygens (including phenoxy) is 2. The quantitative estimate of drug-likeness (QED) is 0.185. The summed E-state index contributed by atoms with van der Waals surface area (Å²) in [5.41, 5.74) is 1.38. The first-order chi connectivity index (χ1) is 15.9. The highest BCUT2D eigenvalue weighted by Crippen LogP contribution is 2.37. The number of aryl methyl sites for hydroxylation is 1. The van der Waals surface area contributed by atoms with Gasteiger partial charge in [-0.25, -0.2) is 4.79 Å². The number of carbonyl (C=O) groups is 2. The van der Waals surface area contributed by atoms with Crippen LogP contribution in [-0.2, 0) is 27.1 Å². The Morgan fingerprint density at radius 3 is 2.79 bits per heavy atom. The van der Waals surface area contributed by atoms with E-state index in [4.69, 9.17) is 9.47 Å². The molecule has 0 radical (unpaired) electrons. The maximum Gasteiger partial charge on any atom is 0.338 e. The Kier molecular flexibility index (Phi) is 8.34.